The molecule has 5 heteroatoms. The lowest BCUT2D eigenvalue weighted by Crippen LogP contribution is -2.32. The first-order chi connectivity index (χ1) is 10.6. The van der Waals surface area contributed by atoms with Crippen LogP contribution in [0, 0.1) is 6.92 Å². The van der Waals surface area contributed by atoms with Gasteiger partial charge >= 0.3 is 0 Å². The van der Waals surface area contributed by atoms with Crippen LogP contribution in [0.25, 0.3) is 0 Å². The number of aromatic nitrogens is 2. The zero-order chi connectivity index (χ0) is 15.9. The van der Waals surface area contributed by atoms with Crippen LogP contribution in [0.4, 0.5) is 0 Å². The number of likely N-dealkylation sites (N-methyl/N-ethyl adjacent to an activating group) is 1. The average Bonchev–Trinajstić information content (AvgIpc) is 2.86. The van der Waals surface area contributed by atoms with E-state index in [-0.39, 0.29) is 6.29 Å². The third-order valence-corrected chi connectivity index (χ3v) is 3.74. The van der Waals surface area contributed by atoms with Gasteiger partial charge in [0, 0.05) is 40.1 Å². The fraction of sp³-hybridized carbons (Fsp3) is 0.471. The maximum atomic E-state index is 5.25. The molecule has 0 N–H and O–H groups in total. The van der Waals surface area contributed by atoms with E-state index in [4.69, 9.17) is 9.47 Å². The maximum absolute atomic E-state index is 5.25. The summed E-state index contributed by atoms with van der Waals surface area (Å²) in [6.45, 7) is 4.40. The molecule has 0 fully saturated rings. The van der Waals surface area contributed by atoms with E-state index in [9.17, 15) is 0 Å². The average molecular weight is 303 g/mol. The molecular weight excluding hydrogens is 278 g/mol. The van der Waals surface area contributed by atoms with Gasteiger partial charge in [-0.05, 0) is 19.5 Å². The molecule has 0 saturated carbocycles. The summed E-state index contributed by atoms with van der Waals surface area (Å²) in [6.07, 6.45) is 1.74. The van der Waals surface area contributed by atoms with Gasteiger partial charge in [-0.15, -0.1) is 0 Å². The Labute approximate surface area is 132 Å². The van der Waals surface area contributed by atoms with Crippen molar-refractivity contribution in [3.8, 4) is 0 Å². The van der Waals surface area contributed by atoms with Crippen molar-refractivity contribution in [1.29, 1.82) is 0 Å². The molecule has 2 rings (SSSR count). The first-order valence-electron chi connectivity index (χ1n) is 7.43. The highest BCUT2D eigenvalue weighted by Gasteiger charge is 2.13. The molecule has 0 radical (unpaired) electrons. The van der Waals surface area contributed by atoms with E-state index in [1.165, 1.54) is 11.3 Å². The maximum Gasteiger partial charge on any atom is 0.169 e. The zero-order valence-electron chi connectivity index (χ0n) is 13.8. The van der Waals surface area contributed by atoms with Gasteiger partial charge in [-0.25, -0.2) is 4.98 Å². The molecule has 0 aliphatic carbocycles. The highest BCUT2D eigenvalue weighted by atomic mass is 16.7. The van der Waals surface area contributed by atoms with Crippen LogP contribution < -0.4 is 0 Å². The Morgan fingerprint density at radius 1 is 1.18 bits per heavy atom. The predicted molar refractivity (Wildman–Crippen MR) is 86.6 cm³/mol. The highest BCUT2D eigenvalue weighted by Crippen LogP contribution is 2.12. The molecule has 1 aromatic carbocycles. The Morgan fingerprint density at radius 3 is 2.50 bits per heavy atom. The number of benzene rings is 1. The Bertz CT molecular complexity index is 565. The molecular formula is C17H25N3O2. The summed E-state index contributed by atoms with van der Waals surface area (Å²) in [5.41, 5.74) is 2.47. The number of nitrogens with zero attached hydrogens (tertiary/aromatic N) is 3. The van der Waals surface area contributed by atoms with Crippen LogP contribution in [0.1, 0.15) is 17.1 Å². The molecule has 0 amide bonds. The van der Waals surface area contributed by atoms with Gasteiger partial charge in [0.15, 0.2) is 6.29 Å². The van der Waals surface area contributed by atoms with Gasteiger partial charge in [-0.3, -0.25) is 4.90 Å². The van der Waals surface area contributed by atoms with Crippen molar-refractivity contribution in [2.75, 3.05) is 27.8 Å². The van der Waals surface area contributed by atoms with Crippen LogP contribution in [0.5, 0.6) is 0 Å². The monoisotopic (exact) mass is 303 g/mol. The van der Waals surface area contributed by atoms with Crippen molar-refractivity contribution in [3.05, 3.63) is 53.6 Å². The second kappa shape index (κ2) is 8.08. The standard InChI is InChI=1S/C17H25N3O2/c1-14-18-10-16(12-19(2)13-17(21-3)22-4)20(14)11-15-8-6-5-7-9-15/h5-10,17H,11-13H2,1-4H3. The Morgan fingerprint density at radius 2 is 1.86 bits per heavy atom. The predicted octanol–water partition coefficient (Wildman–Crippen LogP) is 2.29. The summed E-state index contributed by atoms with van der Waals surface area (Å²) in [4.78, 5) is 6.64. The van der Waals surface area contributed by atoms with E-state index >= 15 is 0 Å². The van der Waals surface area contributed by atoms with E-state index in [0.29, 0.717) is 6.54 Å². The second-order valence-electron chi connectivity index (χ2n) is 5.47. The molecule has 0 saturated heterocycles. The van der Waals surface area contributed by atoms with E-state index in [2.05, 4.69) is 45.8 Å². The molecule has 5 nitrogen and oxygen atoms in total. The van der Waals surface area contributed by atoms with Gasteiger partial charge in [-0.2, -0.15) is 0 Å². The fourth-order valence-electron chi connectivity index (χ4n) is 2.46. The quantitative estimate of drug-likeness (QED) is 0.702. The van der Waals surface area contributed by atoms with Crippen molar-refractivity contribution >= 4 is 0 Å². The van der Waals surface area contributed by atoms with Crippen LogP contribution in [-0.4, -0.2) is 48.6 Å². The summed E-state index contributed by atoms with van der Waals surface area (Å²) < 4.78 is 12.8. The number of ether oxygens (including phenoxy) is 2. The Hall–Kier alpha value is -1.69. The van der Waals surface area contributed by atoms with Crippen LogP contribution >= 0.6 is 0 Å². The van der Waals surface area contributed by atoms with Gasteiger partial charge in [-0.1, -0.05) is 30.3 Å². The summed E-state index contributed by atoms with van der Waals surface area (Å²) in [7, 11) is 5.37. The number of rotatable bonds is 8. The summed E-state index contributed by atoms with van der Waals surface area (Å²) in [6, 6.07) is 10.4. The fourth-order valence-corrected chi connectivity index (χ4v) is 2.46. The molecule has 120 valence electrons. The first kappa shape index (κ1) is 16.7. The lowest BCUT2D eigenvalue weighted by molar-refractivity contribution is -0.114. The minimum atomic E-state index is -0.211. The molecule has 22 heavy (non-hydrogen) atoms. The zero-order valence-corrected chi connectivity index (χ0v) is 13.8. The van der Waals surface area contributed by atoms with Gasteiger partial charge in [0.05, 0.1) is 5.69 Å². The first-order valence-corrected chi connectivity index (χ1v) is 7.43. The molecule has 0 spiro atoms. The Balaban J connectivity index is 2.06. The minimum Gasteiger partial charge on any atom is -0.355 e. The van der Waals surface area contributed by atoms with Gasteiger partial charge in [0.25, 0.3) is 0 Å². The number of methoxy groups -OCH3 is 2. The van der Waals surface area contributed by atoms with E-state index in [1.54, 1.807) is 14.2 Å². The smallest absolute Gasteiger partial charge is 0.169 e. The van der Waals surface area contributed by atoms with Crippen molar-refractivity contribution in [2.45, 2.75) is 26.3 Å². The van der Waals surface area contributed by atoms with Crippen molar-refractivity contribution in [2.24, 2.45) is 0 Å². The largest absolute Gasteiger partial charge is 0.355 e. The molecule has 0 unspecified atom stereocenters. The molecule has 0 atom stereocenters. The van der Waals surface area contributed by atoms with E-state index < -0.39 is 0 Å². The van der Waals surface area contributed by atoms with Gasteiger partial charge < -0.3 is 14.0 Å². The Kier molecular flexibility index (Phi) is 6.12. The van der Waals surface area contributed by atoms with E-state index in [1.807, 2.05) is 19.2 Å². The molecule has 0 bridgehead atoms. The minimum absolute atomic E-state index is 0.211. The van der Waals surface area contributed by atoms with E-state index in [0.717, 1.165) is 18.9 Å². The number of imidazole rings is 1. The van der Waals surface area contributed by atoms with Gasteiger partial charge in [0.1, 0.15) is 5.82 Å². The third-order valence-electron chi connectivity index (χ3n) is 3.74. The second-order valence-corrected chi connectivity index (χ2v) is 5.47. The third kappa shape index (κ3) is 4.40. The van der Waals surface area contributed by atoms with Crippen LogP contribution in [0.15, 0.2) is 36.5 Å². The summed E-state index contributed by atoms with van der Waals surface area (Å²) in [5.74, 6) is 1.03. The van der Waals surface area contributed by atoms with Crippen molar-refractivity contribution in [1.82, 2.24) is 14.5 Å². The summed E-state index contributed by atoms with van der Waals surface area (Å²) in [5, 5.41) is 0. The highest BCUT2D eigenvalue weighted by molar-refractivity contribution is 5.17. The van der Waals surface area contributed by atoms with Gasteiger partial charge in [0.2, 0.25) is 0 Å². The molecule has 0 aliphatic heterocycles. The number of hydrogen-bond acceptors (Lipinski definition) is 4. The molecule has 2 aromatic rings. The SMILES string of the molecule is COC(CN(C)Cc1cnc(C)n1Cc1ccccc1)OC. The number of aryl methyl sites for hydroxylation is 1. The molecule has 1 heterocycles. The van der Waals surface area contributed by atoms with Crippen LogP contribution in [0.2, 0.25) is 0 Å². The van der Waals surface area contributed by atoms with Crippen molar-refractivity contribution < 1.29 is 9.47 Å². The lowest BCUT2D eigenvalue weighted by atomic mass is 10.2. The lowest BCUT2D eigenvalue weighted by Gasteiger charge is -2.22. The van der Waals surface area contributed by atoms with Crippen molar-refractivity contribution in [3.63, 3.8) is 0 Å². The summed E-state index contributed by atoms with van der Waals surface area (Å²) >= 11 is 0. The normalized spacial score (nSPS) is 11.5. The number of hydrogen-bond donors (Lipinski definition) is 0. The van der Waals surface area contributed by atoms with Crippen LogP contribution in [0.3, 0.4) is 0 Å². The molecule has 0 aliphatic rings. The van der Waals surface area contributed by atoms with Crippen LogP contribution in [-0.2, 0) is 22.6 Å². The molecule has 1 aromatic heterocycles. The topological polar surface area (TPSA) is 39.5 Å².